The normalized spacial score (nSPS) is 12.6. The summed E-state index contributed by atoms with van der Waals surface area (Å²) < 4.78 is 40.3. The topological polar surface area (TPSA) is 94.2 Å². The number of amides is 1. The molecule has 2 aromatic carbocycles. The molecule has 0 bridgehead atoms. The lowest BCUT2D eigenvalue weighted by molar-refractivity contribution is 0.102. The van der Waals surface area contributed by atoms with Crippen molar-refractivity contribution in [2.75, 3.05) is 36.8 Å². The number of ether oxygens (including phenoxy) is 3. The van der Waals surface area contributed by atoms with Gasteiger partial charge in [0.25, 0.3) is 5.91 Å². The zero-order valence-corrected chi connectivity index (χ0v) is 15.3. The van der Waals surface area contributed by atoms with Crippen LogP contribution in [0.5, 0.6) is 17.2 Å². The van der Waals surface area contributed by atoms with Crippen LogP contribution in [0.15, 0.2) is 36.4 Å². The van der Waals surface area contributed by atoms with Gasteiger partial charge in [0.05, 0.1) is 24.6 Å². The van der Waals surface area contributed by atoms with Gasteiger partial charge in [-0.25, -0.2) is 8.42 Å². The number of sulfonamides is 1. The van der Waals surface area contributed by atoms with E-state index in [1.54, 1.807) is 30.3 Å². The van der Waals surface area contributed by atoms with Gasteiger partial charge in [-0.2, -0.15) is 0 Å². The number of carbonyl (C=O) groups excluding carboxylic acids is 1. The SMILES string of the molecule is COc1ccc(N(C)S(C)(=O)=O)cc1C(=O)Nc1ccc2c(c1)OCO2. The van der Waals surface area contributed by atoms with Crippen LogP contribution in [0.25, 0.3) is 0 Å². The first kappa shape index (κ1) is 17.9. The van der Waals surface area contributed by atoms with Gasteiger partial charge in [0.2, 0.25) is 16.8 Å². The predicted molar refractivity (Wildman–Crippen MR) is 96.8 cm³/mol. The summed E-state index contributed by atoms with van der Waals surface area (Å²) in [6.45, 7) is 0.139. The van der Waals surface area contributed by atoms with Crippen LogP contribution >= 0.6 is 0 Å². The lowest BCUT2D eigenvalue weighted by atomic mass is 10.1. The fourth-order valence-corrected chi connectivity index (χ4v) is 2.93. The Kier molecular flexibility index (Phi) is 4.64. The maximum absolute atomic E-state index is 12.7. The third kappa shape index (κ3) is 3.52. The highest BCUT2D eigenvalue weighted by atomic mass is 32.2. The largest absolute Gasteiger partial charge is 0.496 e. The minimum absolute atomic E-state index is 0.139. The average Bonchev–Trinajstić information content (AvgIpc) is 3.07. The first-order valence-corrected chi connectivity index (χ1v) is 9.47. The van der Waals surface area contributed by atoms with E-state index >= 15 is 0 Å². The highest BCUT2D eigenvalue weighted by molar-refractivity contribution is 7.92. The van der Waals surface area contributed by atoms with Gasteiger partial charge in [-0.3, -0.25) is 9.10 Å². The highest BCUT2D eigenvalue weighted by Crippen LogP contribution is 2.34. The summed E-state index contributed by atoms with van der Waals surface area (Å²) in [6.07, 6.45) is 1.09. The summed E-state index contributed by atoms with van der Waals surface area (Å²) >= 11 is 0. The lowest BCUT2D eigenvalue weighted by Crippen LogP contribution is -2.25. The number of anilines is 2. The fourth-order valence-electron chi connectivity index (χ4n) is 2.43. The summed E-state index contributed by atoms with van der Waals surface area (Å²) in [5, 5.41) is 2.75. The number of carbonyl (C=O) groups is 1. The summed E-state index contributed by atoms with van der Waals surface area (Å²) in [6, 6.07) is 9.61. The van der Waals surface area contributed by atoms with Crippen molar-refractivity contribution in [1.82, 2.24) is 0 Å². The van der Waals surface area contributed by atoms with E-state index in [0.29, 0.717) is 28.6 Å². The first-order chi connectivity index (χ1) is 12.3. The van der Waals surface area contributed by atoms with E-state index in [4.69, 9.17) is 14.2 Å². The molecular weight excluding hydrogens is 360 g/mol. The molecule has 0 unspecified atom stereocenters. The Morgan fingerprint density at radius 1 is 1.15 bits per heavy atom. The number of methoxy groups -OCH3 is 1. The van der Waals surface area contributed by atoms with E-state index in [2.05, 4.69) is 5.32 Å². The second-order valence-corrected chi connectivity index (χ2v) is 7.65. The molecule has 1 amide bonds. The maximum Gasteiger partial charge on any atom is 0.259 e. The molecule has 0 saturated heterocycles. The maximum atomic E-state index is 12.7. The first-order valence-electron chi connectivity index (χ1n) is 7.62. The molecule has 0 atom stereocenters. The molecule has 0 saturated carbocycles. The van der Waals surface area contributed by atoms with Crippen LogP contribution in [-0.4, -0.2) is 41.5 Å². The predicted octanol–water partition coefficient (Wildman–Crippen LogP) is 2.07. The van der Waals surface area contributed by atoms with Crippen LogP contribution in [-0.2, 0) is 10.0 Å². The molecular formula is C17H18N2O6S. The lowest BCUT2D eigenvalue weighted by Gasteiger charge is -2.18. The molecule has 0 aliphatic carbocycles. The summed E-state index contributed by atoms with van der Waals surface area (Å²) in [4.78, 5) is 12.7. The van der Waals surface area contributed by atoms with E-state index in [1.807, 2.05) is 0 Å². The number of benzene rings is 2. The van der Waals surface area contributed by atoms with Gasteiger partial charge in [0.15, 0.2) is 11.5 Å². The molecule has 1 aliphatic heterocycles. The fraction of sp³-hybridized carbons (Fsp3) is 0.235. The number of rotatable bonds is 5. The third-order valence-corrected chi connectivity index (χ3v) is 5.12. The number of nitrogens with zero attached hydrogens (tertiary/aromatic N) is 1. The van der Waals surface area contributed by atoms with Crippen molar-refractivity contribution in [2.45, 2.75) is 0 Å². The van der Waals surface area contributed by atoms with Gasteiger partial charge in [0.1, 0.15) is 5.75 Å². The van der Waals surface area contributed by atoms with Crippen molar-refractivity contribution in [3.05, 3.63) is 42.0 Å². The smallest absolute Gasteiger partial charge is 0.259 e. The van der Waals surface area contributed by atoms with Crippen LogP contribution in [0.1, 0.15) is 10.4 Å². The molecule has 1 aliphatic rings. The van der Waals surface area contributed by atoms with Crippen molar-refractivity contribution in [3.8, 4) is 17.2 Å². The molecule has 3 rings (SSSR count). The molecule has 1 heterocycles. The Balaban J connectivity index is 1.90. The quantitative estimate of drug-likeness (QED) is 0.856. The molecule has 138 valence electrons. The minimum Gasteiger partial charge on any atom is -0.496 e. The van der Waals surface area contributed by atoms with Crippen LogP contribution in [0.2, 0.25) is 0 Å². The Hall–Kier alpha value is -2.94. The Bertz CT molecular complexity index is 958. The van der Waals surface area contributed by atoms with E-state index in [-0.39, 0.29) is 12.4 Å². The van der Waals surface area contributed by atoms with Gasteiger partial charge in [-0.05, 0) is 30.3 Å². The van der Waals surface area contributed by atoms with E-state index in [9.17, 15) is 13.2 Å². The number of hydrogen-bond donors (Lipinski definition) is 1. The Morgan fingerprint density at radius 3 is 2.58 bits per heavy atom. The molecule has 8 nitrogen and oxygen atoms in total. The highest BCUT2D eigenvalue weighted by Gasteiger charge is 2.19. The number of fused-ring (bicyclic) bond motifs is 1. The number of hydrogen-bond acceptors (Lipinski definition) is 6. The molecule has 2 aromatic rings. The van der Waals surface area contributed by atoms with Crippen LogP contribution < -0.4 is 23.8 Å². The van der Waals surface area contributed by atoms with E-state index in [0.717, 1.165) is 10.6 Å². The van der Waals surface area contributed by atoms with Gasteiger partial charge >= 0.3 is 0 Å². The Morgan fingerprint density at radius 2 is 1.88 bits per heavy atom. The standard InChI is InChI=1S/C17H18N2O6S/c1-19(26(3,21)22)12-5-7-14(23-2)13(9-12)17(20)18-11-4-6-15-16(8-11)25-10-24-15/h4-9H,10H2,1-3H3,(H,18,20). The summed E-state index contributed by atoms with van der Waals surface area (Å²) in [7, 11) is -0.603. The zero-order valence-electron chi connectivity index (χ0n) is 14.5. The van der Waals surface area contributed by atoms with Gasteiger partial charge < -0.3 is 19.5 Å². The Labute approximate surface area is 151 Å². The van der Waals surface area contributed by atoms with E-state index in [1.165, 1.54) is 20.2 Å². The van der Waals surface area contributed by atoms with E-state index < -0.39 is 15.9 Å². The molecule has 0 radical (unpaired) electrons. The van der Waals surface area contributed by atoms with Crippen molar-refractivity contribution in [2.24, 2.45) is 0 Å². The second kappa shape index (κ2) is 6.75. The molecule has 0 spiro atoms. The van der Waals surface area contributed by atoms with Crippen LogP contribution in [0, 0.1) is 0 Å². The van der Waals surface area contributed by atoms with Crippen molar-refractivity contribution >= 4 is 27.3 Å². The molecule has 26 heavy (non-hydrogen) atoms. The minimum atomic E-state index is -3.45. The number of nitrogens with one attached hydrogen (secondary N) is 1. The van der Waals surface area contributed by atoms with Gasteiger partial charge in [-0.1, -0.05) is 0 Å². The summed E-state index contributed by atoms with van der Waals surface area (Å²) in [5.74, 6) is 1.04. The molecule has 9 heteroatoms. The zero-order chi connectivity index (χ0) is 18.9. The van der Waals surface area contributed by atoms with Crippen LogP contribution in [0.4, 0.5) is 11.4 Å². The van der Waals surface area contributed by atoms with Crippen LogP contribution in [0.3, 0.4) is 0 Å². The monoisotopic (exact) mass is 378 g/mol. The van der Waals surface area contributed by atoms with Crippen molar-refractivity contribution < 1.29 is 27.4 Å². The summed E-state index contributed by atoms with van der Waals surface area (Å²) in [5.41, 5.74) is 1.07. The van der Waals surface area contributed by atoms with Crippen molar-refractivity contribution in [3.63, 3.8) is 0 Å². The second-order valence-electron chi connectivity index (χ2n) is 5.64. The van der Waals surface area contributed by atoms with Gasteiger partial charge in [-0.15, -0.1) is 0 Å². The van der Waals surface area contributed by atoms with Crippen molar-refractivity contribution in [1.29, 1.82) is 0 Å². The third-order valence-electron chi connectivity index (χ3n) is 3.92. The average molecular weight is 378 g/mol. The van der Waals surface area contributed by atoms with Gasteiger partial charge in [0, 0.05) is 18.8 Å². The molecule has 1 N–H and O–H groups in total. The molecule has 0 aromatic heterocycles. The molecule has 0 fully saturated rings.